The Morgan fingerprint density at radius 1 is 1.42 bits per heavy atom. The van der Waals surface area contributed by atoms with Crippen molar-refractivity contribution in [2.24, 2.45) is 0 Å². The standard InChI is InChI=1S/C11H16N4O4/c1-6(11(18)19)14-10(17)9(15-7(2)16)3-8-4-12-5-13-8/h4-6,9H,3H2,1-2H3,(H,12,13)(H,14,17)(H,15,16)(H,18,19)/t6-,9-/m0/s1. The highest BCUT2D eigenvalue weighted by Gasteiger charge is 2.23. The van der Waals surface area contributed by atoms with Crippen LogP contribution in [0.2, 0.25) is 0 Å². The second-order valence-electron chi connectivity index (χ2n) is 4.10. The lowest BCUT2D eigenvalue weighted by Gasteiger charge is -2.18. The van der Waals surface area contributed by atoms with Crippen molar-refractivity contribution in [1.29, 1.82) is 0 Å². The van der Waals surface area contributed by atoms with E-state index < -0.39 is 24.0 Å². The summed E-state index contributed by atoms with van der Waals surface area (Å²) >= 11 is 0. The van der Waals surface area contributed by atoms with E-state index in [0.29, 0.717) is 5.69 Å². The molecule has 0 saturated heterocycles. The number of aromatic amines is 1. The first kappa shape index (κ1) is 14.7. The fourth-order valence-electron chi connectivity index (χ4n) is 1.45. The van der Waals surface area contributed by atoms with Crippen LogP contribution in [-0.4, -0.2) is 44.9 Å². The van der Waals surface area contributed by atoms with Crippen molar-refractivity contribution in [3.05, 3.63) is 18.2 Å². The third-order valence-corrected chi connectivity index (χ3v) is 2.40. The number of carboxylic acid groups (broad SMARTS) is 1. The molecule has 0 aliphatic heterocycles. The van der Waals surface area contributed by atoms with Crippen LogP contribution in [0.3, 0.4) is 0 Å². The Balaban J connectivity index is 2.70. The highest BCUT2D eigenvalue weighted by Crippen LogP contribution is 1.99. The van der Waals surface area contributed by atoms with Crippen LogP contribution in [0.25, 0.3) is 0 Å². The minimum Gasteiger partial charge on any atom is -0.480 e. The van der Waals surface area contributed by atoms with Gasteiger partial charge in [-0.3, -0.25) is 14.4 Å². The number of imidazole rings is 1. The van der Waals surface area contributed by atoms with E-state index in [1.165, 1.54) is 26.4 Å². The van der Waals surface area contributed by atoms with Crippen LogP contribution in [0.15, 0.2) is 12.5 Å². The summed E-state index contributed by atoms with van der Waals surface area (Å²) in [6.07, 6.45) is 3.19. The van der Waals surface area contributed by atoms with Crippen LogP contribution in [0.1, 0.15) is 19.5 Å². The number of hydrogen-bond donors (Lipinski definition) is 4. The van der Waals surface area contributed by atoms with Crippen LogP contribution < -0.4 is 10.6 Å². The molecule has 1 aromatic rings. The van der Waals surface area contributed by atoms with Crippen LogP contribution in [0.4, 0.5) is 0 Å². The molecule has 2 amide bonds. The number of nitrogens with one attached hydrogen (secondary N) is 3. The molecule has 0 saturated carbocycles. The third-order valence-electron chi connectivity index (χ3n) is 2.40. The summed E-state index contributed by atoms with van der Waals surface area (Å²) in [5.74, 6) is -2.07. The normalized spacial score (nSPS) is 13.4. The molecule has 0 bridgehead atoms. The minimum absolute atomic E-state index is 0.206. The lowest BCUT2D eigenvalue weighted by Crippen LogP contribution is -2.51. The van der Waals surface area contributed by atoms with E-state index >= 15 is 0 Å². The van der Waals surface area contributed by atoms with Gasteiger partial charge in [0.25, 0.3) is 0 Å². The second kappa shape index (κ2) is 6.53. The van der Waals surface area contributed by atoms with Crippen molar-refractivity contribution in [3.63, 3.8) is 0 Å². The SMILES string of the molecule is CC(=O)N[C@@H](Cc1cnc[nH]1)C(=O)N[C@@H](C)C(=O)O. The van der Waals surface area contributed by atoms with Gasteiger partial charge in [0.15, 0.2) is 0 Å². The molecular formula is C11H16N4O4. The highest BCUT2D eigenvalue weighted by molar-refractivity contribution is 5.89. The van der Waals surface area contributed by atoms with Gasteiger partial charge in [-0.05, 0) is 6.92 Å². The Morgan fingerprint density at radius 2 is 2.11 bits per heavy atom. The summed E-state index contributed by atoms with van der Waals surface area (Å²) in [6, 6.07) is -1.87. The average Bonchev–Trinajstić information content (AvgIpc) is 2.80. The molecule has 19 heavy (non-hydrogen) atoms. The van der Waals surface area contributed by atoms with E-state index in [1.807, 2.05) is 0 Å². The number of nitrogens with zero attached hydrogens (tertiary/aromatic N) is 1. The third kappa shape index (κ3) is 4.78. The predicted octanol–water partition coefficient (Wildman–Crippen LogP) is -0.954. The molecule has 0 aliphatic carbocycles. The minimum atomic E-state index is -1.14. The number of H-pyrrole nitrogens is 1. The number of aromatic nitrogens is 2. The Bertz CT molecular complexity index is 457. The molecule has 1 heterocycles. The van der Waals surface area contributed by atoms with E-state index in [9.17, 15) is 14.4 Å². The van der Waals surface area contributed by atoms with Crippen molar-refractivity contribution >= 4 is 17.8 Å². The quantitative estimate of drug-likeness (QED) is 0.529. The molecule has 2 atom stereocenters. The fraction of sp³-hybridized carbons (Fsp3) is 0.455. The van der Waals surface area contributed by atoms with Crippen molar-refractivity contribution in [2.75, 3.05) is 0 Å². The average molecular weight is 268 g/mol. The van der Waals surface area contributed by atoms with E-state index in [2.05, 4.69) is 20.6 Å². The zero-order valence-electron chi connectivity index (χ0n) is 10.6. The molecular weight excluding hydrogens is 252 g/mol. The number of hydrogen-bond acceptors (Lipinski definition) is 4. The Morgan fingerprint density at radius 3 is 2.58 bits per heavy atom. The molecule has 8 heteroatoms. The number of carbonyl (C=O) groups excluding carboxylic acids is 2. The topological polar surface area (TPSA) is 124 Å². The molecule has 8 nitrogen and oxygen atoms in total. The van der Waals surface area contributed by atoms with Crippen LogP contribution in [0, 0.1) is 0 Å². The maximum Gasteiger partial charge on any atom is 0.325 e. The van der Waals surface area contributed by atoms with E-state index in [4.69, 9.17) is 5.11 Å². The number of aliphatic carboxylic acids is 1. The molecule has 0 fully saturated rings. The number of carbonyl (C=O) groups is 3. The second-order valence-corrected chi connectivity index (χ2v) is 4.10. The molecule has 4 N–H and O–H groups in total. The van der Waals surface area contributed by atoms with Gasteiger partial charge in [0.1, 0.15) is 12.1 Å². The van der Waals surface area contributed by atoms with Gasteiger partial charge in [-0.25, -0.2) is 4.98 Å². The smallest absolute Gasteiger partial charge is 0.325 e. The summed E-state index contributed by atoms with van der Waals surface area (Å²) in [5, 5.41) is 13.5. The summed E-state index contributed by atoms with van der Waals surface area (Å²) in [5.41, 5.74) is 0.664. The predicted molar refractivity (Wildman–Crippen MR) is 65.1 cm³/mol. The van der Waals surface area contributed by atoms with Crippen LogP contribution in [0.5, 0.6) is 0 Å². The Kier molecular flexibility index (Phi) is 5.04. The Hall–Kier alpha value is -2.38. The molecule has 0 aliphatic rings. The zero-order valence-corrected chi connectivity index (χ0v) is 10.6. The molecule has 1 rings (SSSR count). The summed E-state index contributed by atoms with van der Waals surface area (Å²) < 4.78 is 0. The van der Waals surface area contributed by atoms with Crippen LogP contribution >= 0.6 is 0 Å². The van der Waals surface area contributed by atoms with Gasteiger partial charge in [-0.1, -0.05) is 0 Å². The zero-order chi connectivity index (χ0) is 14.4. The summed E-state index contributed by atoms with van der Waals surface area (Å²) in [4.78, 5) is 40.3. The molecule has 0 spiro atoms. The van der Waals surface area contributed by atoms with Gasteiger partial charge in [0, 0.05) is 25.2 Å². The van der Waals surface area contributed by atoms with Gasteiger partial charge in [-0.2, -0.15) is 0 Å². The van der Waals surface area contributed by atoms with Gasteiger partial charge in [0.05, 0.1) is 6.33 Å². The summed E-state index contributed by atoms with van der Waals surface area (Å²) in [6.45, 7) is 2.63. The van der Waals surface area contributed by atoms with E-state index in [-0.39, 0.29) is 12.3 Å². The number of amides is 2. The van der Waals surface area contributed by atoms with Crippen molar-refractivity contribution in [1.82, 2.24) is 20.6 Å². The first-order valence-corrected chi connectivity index (χ1v) is 5.67. The largest absolute Gasteiger partial charge is 0.480 e. The first-order valence-electron chi connectivity index (χ1n) is 5.67. The lowest BCUT2D eigenvalue weighted by molar-refractivity contribution is -0.141. The Labute approximate surface area is 109 Å². The van der Waals surface area contributed by atoms with Crippen LogP contribution in [-0.2, 0) is 20.8 Å². The van der Waals surface area contributed by atoms with E-state index in [1.54, 1.807) is 0 Å². The highest BCUT2D eigenvalue weighted by atomic mass is 16.4. The monoisotopic (exact) mass is 268 g/mol. The van der Waals surface area contributed by atoms with Gasteiger partial charge >= 0.3 is 5.97 Å². The van der Waals surface area contributed by atoms with Gasteiger partial charge < -0.3 is 20.7 Å². The molecule has 104 valence electrons. The maximum absolute atomic E-state index is 11.9. The van der Waals surface area contributed by atoms with Gasteiger partial charge in [0.2, 0.25) is 11.8 Å². The molecule has 1 aromatic heterocycles. The number of carboxylic acids is 1. The molecule has 0 radical (unpaired) electrons. The fourth-order valence-corrected chi connectivity index (χ4v) is 1.45. The summed E-state index contributed by atoms with van der Waals surface area (Å²) in [7, 11) is 0. The van der Waals surface area contributed by atoms with Gasteiger partial charge in [-0.15, -0.1) is 0 Å². The molecule has 0 unspecified atom stereocenters. The maximum atomic E-state index is 11.9. The van der Waals surface area contributed by atoms with Crippen molar-refractivity contribution < 1.29 is 19.5 Å². The number of rotatable bonds is 6. The van der Waals surface area contributed by atoms with E-state index in [0.717, 1.165) is 0 Å². The lowest BCUT2D eigenvalue weighted by atomic mass is 10.1. The van der Waals surface area contributed by atoms with Crippen molar-refractivity contribution in [3.8, 4) is 0 Å². The first-order chi connectivity index (χ1) is 8.90. The van der Waals surface area contributed by atoms with Crippen molar-refractivity contribution in [2.45, 2.75) is 32.4 Å². The molecule has 0 aromatic carbocycles.